The minimum Gasteiger partial charge on any atom is -0.475 e. The maximum atomic E-state index is 10.6. The SMILES string of the molecule is O=C(O)C(F)(F)F.c1ccc2c(c1)CCNCC2. The first-order valence-corrected chi connectivity index (χ1v) is 5.49. The van der Waals surface area contributed by atoms with E-state index in [1.54, 1.807) is 0 Å². The van der Waals surface area contributed by atoms with Crippen LogP contribution >= 0.6 is 0 Å². The molecule has 0 aromatic heterocycles. The van der Waals surface area contributed by atoms with Crippen LogP contribution in [-0.2, 0) is 17.6 Å². The third-order valence-electron chi connectivity index (χ3n) is 2.50. The second-order valence-corrected chi connectivity index (χ2v) is 3.82. The Morgan fingerprint density at radius 2 is 1.50 bits per heavy atom. The Bertz CT molecular complexity index is 380. The maximum absolute atomic E-state index is 10.6. The number of rotatable bonds is 0. The summed E-state index contributed by atoms with van der Waals surface area (Å²) < 4.78 is 31.7. The van der Waals surface area contributed by atoms with Gasteiger partial charge in [-0.25, -0.2) is 4.79 Å². The number of carboxylic acid groups (broad SMARTS) is 1. The highest BCUT2D eigenvalue weighted by molar-refractivity contribution is 5.73. The van der Waals surface area contributed by atoms with Gasteiger partial charge >= 0.3 is 12.1 Å². The zero-order chi connectivity index (χ0) is 13.6. The standard InChI is InChI=1S/C10H13N.C2HF3O2/c1-2-4-10-6-8-11-7-5-9(10)3-1;3-2(4,5)1(6)7/h1-4,11H,5-8H2;(H,6,7). The Labute approximate surface area is 103 Å². The van der Waals surface area contributed by atoms with Crippen LogP contribution in [-0.4, -0.2) is 30.3 Å². The molecule has 0 amide bonds. The fraction of sp³-hybridized carbons (Fsp3) is 0.417. The highest BCUT2D eigenvalue weighted by atomic mass is 19.4. The summed E-state index contributed by atoms with van der Waals surface area (Å²) in [5.41, 5.74) is 3.05. The van der Waals surface area contributed by atoms with Crippen molar-refractivity contribution in [2.24, 2.45) is 0 Å². The average molecular weight is 261 g/mol. The molecule has 1 aromatic carbocycles. The summed E-state index contributed by atoms with van der Waals surface area (Å²) in [4.78, 5) is 8.90. The maximum Gasteiger partial charge on any atom is 0.490 e. The van der Waals surface area contributed by atoms with E-state index in [2.05, 4.69) is 29.6 Å². The minimum absolute atomic E-state index is 1.14. The van der Waals surface area contributed by atoms with Crippen molar-refractivity contribution in [2.75, 3.05) is 13.1 Å². The Morgan fingerprint density at radius 3 is 1.83 bits per heavy atom. The predicted octanol–water partition coefficient (Wildman–Crippen LogP) is 2.01. The lowest BCUT2D eigenvalue weighted by Gasteiger charge is -2.01. The van der Waals surface area contributed by atoms with Crippen molar-refractivity contribution in [2.45, 2.75) is 19.0 Å². The topological polar surface area (TPSA) is 49.3 Å². The van der Waals surface area contributed by atoms with E-state index in [0.29, 0.717) is 0 Å². The number of hydrogen-bond acceptors (Lipinski definition) is 2. The second kappa shape index (κ2) is 6.39. The first-order valence-electron chi connectivity index (χ1n) is 5.49. The zero-order valence-electron chi connectivity index (χ0n) is 9.63. The molecule has 1 aromatic rings. The summed E-state index contributed by atoms with van der Waals surface area (Å²) in [7, 11) is 0. The number of hydrogen-bond donors (Lipinski definition) is 2. The second-order valence-electron chi connectivity index (χ2n) is 3.82. The van der Waals surface area contributed by atoms with Gasteiger partial charge in [0.05, 0.1) is 0 Å². The molecule has 100 valence electrons. The van der Waals surface area contributed by atoms with Gasteiger partial charge in [-0.2, -0.15) is 13.2 Å². The van der Waals surface area contributed by atoms with Crippen LogP contribution in [0.25, 0.3) is 0 Å². The van der Waals surface area contributed by atoms with Gasteiger partial charge in [-0.3, -0.25) is 0 Å². The minimum atomic E-state index is -5.08. The zero-order valence-corrected chi connectivity index (χ0v) is 9.63. The predicted molar refractivity (Wildman–Crippen MR) is 60.4 cm³/mol. The van der Waals surface area contributed by atoms with E-state index in [-0.39, 0.29) is 0 Å². The number of halogens is 3. The van der Waals surface area contributed by atoms with Gasteiger partial charge in [-0.15, -0.1) is 0 Å². The van der Waals surface area contributed by atoms with Crippen molar-refractivity contribution in [3.05, 3.63) is 35.4 Å². The number of aliphatic carboxylic acids is 1. The van der Waals surface area contributed by atoms with Crippen LogP contribution in [0.1, 0.15) is 11.1 Å². The van der Waals surface area contributed by atoms with Crippen LogP contribution in [0.5, 0.6) is 0 Å². The van der Waals surface area contributed by atoms with E-state index in [1.165, 1.54) is 24.0 Å². The fourth-order valence-corrected chi connectivity index (χ4v) is 1.62. The van der Waals surface area contributed by atoms with E-state index >= 15 is 0 Å². The summed E-state index contributed by atoms with van der Waals surface area (Å²) in [5, 5.41) is 10.5. The third-order valence-corrected chi connectivity index (χ3v) is 2.50. The van der Waals surface area contributed by atoms with Gasteiger partial charge in [0.2, 0.25) is 0 Å². The smallest absolute Gasteiger partial charge is 0.475 e. The van der Waals surface area contributed by atoms with Crippen LogP contribution in [0, 0.1) is 0 Å². The molecule has 1 aliphatic rings. The van der Waals surface area contributed by atoms with Crippen LogP contribution in [0.3, 0.4) is 0 Å². The van der Waals surface area contributed by atoms with Gasteiger partial charge in [-0.1, -0.05) is 24.3 Å². The fourth-order valence-electron chi connectivity index (χ4n) is 1.62. The molecule has 0 bridgehead atoms. The molecule has 18 heavy (non-hydrogen) atoms. The summed E-state index contributed by atoms with van der Waals surface area (Å²) >= 11 is 0. The number of fused-ring (bicyclic) bond motifs is 1. The molecular weight excluding hydrogens is 247 g/mol. The Kier molecular flexibility index (Phi) is 5.15. The molecular formula is C12H14F3NO2. The summed E-state index contributed by atoms with van der Waals surface area (Å²) in [5.74, 6) is -2.76. The summed E-state index contributed by atoms with van der Waals surface area (Å²) in [6.45, 7) is 2.27. The van der Waals surface area contributed by atoms with Crippen LogP contribution in [0.2, 0.25) is 0 Å². The quantitative estimate of drug-likeness (QED) is 0.751. The molecule has 2 rings (SSSR count). The van der Waals surface area contributed by atoms with Gasteiger partial charge in [0.25, 0.3) is 0 Å². The number of carboxylic acids is 1. The molecule has 0 radical (unpaired) electrons. The molecule has 3 nitrogen and oxygen atoms in total. The Hall–Kier alpha value is -1.56. The van der Waals surface area contributed by atoms with E-state index < -0.39 is 12.1 Å². The molecule has 1 aliphatic heterocycles. The Balaban J connectivity index is 0.000000203. The molecule has 0 saturated carbocycles. The van der Waals surface area contributed by atoms with Crippen LogP contribution < -0.4 is 5.32 Å². The molecule has 6 heteroatoms. The summed E-state index contributed by atoms with van der Waals surface area (Å²) in [6, 6.07) is 8.74. The lowest BCUT2D eigenvalue weighted by molar-refractivity contribution is -0.192. The van der Waals surface area contributed by atoms with Crippen molar-refractivity contribution < 1.29 is 23.1 Å². The summed E-state index contributed by atoms with van der Waals surface area (Å²) in [6.07, 6.45) is -2.70. The first kappa shape index (κ1) is 14.5. The van der Waals surface area contributed by atoms with Gasteiger partial charge in [0, 0.05) is 0 Å². The highest BCUT2D eigenvalue weighted by Gasteiger charge is 2.38. The van der Waals surface area contributed by atoms with Crippen LogP contribution in [0.4, 0.5) is 13.2 Å². The largest absolute Gasteiger partial charge is 0.490 e. The van der Waals surface area contributed by atoms with E-state index in [1.807, 2.05) is 0 Å². The lowest BCUT2D eigenvalue weighted by Crippen LogP contribution is -2.21. The van der Waals surface area contributed by atoms with Crippen molar-refractivity contribution in [3.8, 4) is 0 Å². The Morgan fingerprint density at radius 1 is 1.11 bits per heavy atom. The van der Waals surface area contributed by atoms with Gasteiger partial charge in [0.15, 0.2) is 0 Å². The highest BCUT2D eigenvalue weighted by Crippen LogP contribution is 2.13. The van der Waals surface area contributed by atoms with Crippen molar-refractivity contribution in [1.29, 1.82) is 0 Å². The third kappa shape index (κ3) is 4.75. The lowest BCUT2D eigenvalue weighted by atomic mass is 10.0. The molecule has 0 unspecified atom stereocenters. The number of carbonyl (C=O) groups is 1. The van der Waals surface area contributed by atoms with Crippen LogP contribution in [0.15, 0.2) is 24.3 Å². The van der Waals surface area contributed by atoms with Gasteiger partial charge in [0.1, 0.15) is 0 Å². The molecule has 0 spiro atoms. The number of benzene rings is 1. The van der Waals surface area contributed by atoms with E-state index in [9.17, 15) is 13.2 Å². The molecule has 0 atom stereocenters. The number of alkyl halides is 3. The molecule has 0 fully saturated rings. The van der Waals surface area contributed by atoms with Crippen molar-refractivity contribution in [1.82, 2.24) is 5.32 Å². The first-order chi connectivity index (χ1) is 8.41. The molecule has 0 aliphatic carbocycles. The molecule has 2 N–H and O–H groups in total. The normalized spacial score (nSPS) is 14.8. The van der Waals surface area contributed by atoms with Crippen molar-refractivity contribution >= 4 is 5.97 Å². The van der Waals surface area contributed by atoms with Gasteiger partial charge in [-0.05, 0) is 37.1 Å². The molecule has 1 heterocycles. The average Bonchev–Trinajstić information content (AvgIpc) is 2.53. The van der Waals surface area contributed by atoms with Gasteiger partial charge < -0.3 is 10.4 Å². The molecule has 0 saturated heterocycles. The number of nitrogens with one attached hydrogen (secondary N) is 1. The van der Waals surface area contributed by atoms with Crippen molar-refractivity contribution in [3.63, 3.8) is 0 Å². The van der Waals surface area contributed by atoms with E-state index in [0.717, 1.165) is 13.1 Å². The van der Waals surface area contributed by atoms with E-state index in [4.69, 9.17) is 9.90 Å². The monoisotopic (exact) mass is 261 g/mol.